The van der Waals surface area contributed by atoms with Gasteiger partial charge >= 0.3 is 0 Å². The zero-order chi connectivity index (χ0) is 15.2. The minimum Gasteiger partial charge on any atom is -0.369 e. The number of nitrogens with zero attached hydrogens (tertiary/aromatic N) is 4. The minimum atomic E-state index is -0.242. The number of likely N-dealkylation sites (N-methyl/N-ethyl adjacent to an activating group) is 1. The number of anilines is 1. The maximum Gasteiger partial charge on any atom is 0.274 e. The maximum absolute atomic E-state index is 12.4. The number of hydrogen-bond donors (Lipinski definition) is 1. The van der Waals surface area contributed by atoms with E-state index in [1.807, 2.05) is 0 Å². The van der Waals surface area contributed by atoms with Crippen molar-refractivity contribution in [3.8, 4) is 0 Å². The zero-order valence-electron chi connectivity index (χ0n) is 12.5. The van der Waals surface area contributed by atoms with Crippen molar-refractivity contribution in [3.63, 3.8) is 0 Å². The molecule has 0 spiro atoms. The van der Waals surface area contributed by atoms with Crippen molar-refractivity contribution in [3.05, 3.63) is 17.8 Å². The van der Waals surface area contributed by atoms with Crippen LogP contribution in [0, 0.1) is 0 Å². The van der Waals surface area contributed by atoms with Crippen LogP contribution in [0.4, 0.5) is 5.82 Å². The number of hydrogen-bond acceptors (Lipinski definition) is 5. The van der Waals surface area contributed by atoms with Crippen LogP contribution in [-0.2, 0) is 4.79 Å². The first-order valence-corrected chi connectivity index (χ1v) is 7.22. The smallest absolute Gasteiger partial charge is 0.274 e. The van der Waals surface area contributed by atoms with Crippen LogP contribution < -0.4 is 5.32 Å². The molecule has 2 rings (SSSR count). The van der Waals surface area contributed by atoms with E-state index in [4.69, 9.17) is 0 Å². The molecule has 21 heavy (non-hydrogen) atoms. The molecule has 1 saturated heterocycles. The van der Waals surface area contributed by atoms with Gasteiger partial charge in [0, 0.05) is 26.7 Å². The lowest BCUT2D eigenvalue weighted by molar-refractivity contribution is -0.129. The normalized spacial score (nSPS) is 15.8. The van der Waals surface area contributed by atoms with E-state index in [0.717, 1.165) is 19.4 Å². The monoisotopic (exact) mass is 291 g/mol. The van der Waals surface area contributed by atoms with Crippen LogP contribution in [0.15, 0.2) is 12.1 Å². The molecule has 114 valence electrons. The maximum atomic E-state index is 12.4. The molecule has 0 aromatic carbocycles. The molecule has 0 aliphatic carbocycles. The Hall–Kier alpha value is -2.18. The van der Waals surface area contributed by atoms with Crippen LogP contribution in [0.25, 0.3) is 0 Å². The van der Waals surface area contributed by atoms with Crippen molar-refractivity contribution in [1.82, 2.24) is 20.0 Å². The second-order valence-electron chi connectivity index (χ2n) is 5.13. The zero-order valence-corrected chi connectivity index (χ0v) is 12.5. The first-order chi connectivity index (χ1) is 10.1. The fourth-order valence-corrected chi connectivity index (χ4v) is 2.12. The van der Waals surface area contributed by atoms with Crippen molar-refractivity contribution >= 4 is 17.6 Å². The highest BCUT2D eigenvalue weighted by molar-refractivity contribution is 5.95. The molecule has 1 aromatic heterocycles. The van der Waals surface area contributed by atoms with Gasteiger partial charge in [-0.3, -0.25) is 9.59 Å². The third kappa shape index (κ3) is 3.90. The molecule has 1 aromatic rings. The molecule has 0 saturated carbocycles. The lowest BCUT2D eigenvalue weighted by Crippen LogP contribution is -2.38. The van der Waals surface area contributed by atoms with Crippen LogP contribution in [0.1, 0.15) is 30.3 Å². The lowest BCUT2D eigenvalue weighted by Gasteiger charge is -2.19. The molecule has 1 fully saturated rings. The fourth-order valence-electron chi connectivity index (χ4n) is 2.12. The highest BCUT2D eigenvalue weighted by atomic mass is 16.2. The number of aromatic nitrogens is 2. The van der Waals surface area contributed by atoms with Gasteiger partial charge in [0.05, 0.1) is 0 Å². The second-order valence-corrected chi connectivity index (χ2v) is 5.13. The van der Waals surface area contributed by atoms with Gasteiger partial charge < -0.3 is 15.1 Å². The van der Waals surface area contributed by atoms with Gasteiger partial charge in [-0.1, -0.05) is 6.92 Å². The summed E-state index contributed by atoms with van der Waals surface area (Å²) >= 11 is 0. The van der Waals surface area contributed by atoms with E-state index in [-0.39, 0.29) is 24.1 Å². The van der Waals surface area contributed by atoms with Crippen LogP contribution in [0.2, 0.25) is 0 Å². The van der Waals surface area contributed by atoms with E-state index in [1.165, 1.54) is 4.90 Å². The Kier molecular flexibility index (Phi) is 5.08. The lowest BCUT2D eigenvalue weighted by atomic mass is 10.3. The van der Waals surface area contributed by atoms with Gasteiger partial charge in [-0.15, -0.1) is 10.2 Å². The molecule has 0 unspecified atom stereocenters. The van der Waals surface area contributed by atoms with Gasteiger partial charge in [-0.25, -0.2) is 0 Å². The van der Waals surface area contributed by atoms with Crippen LogP contribution in [-0.4, -0.2) is 65.0 Å². The molecule has 2 heterocycles. The standard InChI is InChI=1S/C14H21N5O2/c1-3-7-15-12-6-5-11(16-17-12)14(21)19-9-4-8-18(2)13(20)10-19/h5-6H,3-4,7-10H2,1-2H3,(H,15,17). The van der Waals surface area contributed by atoms with E-state index in [1.54, 1.807) is 24.1 Å². The van der Waals surface area contributed by atoms with Crippen molar-refractivity contribution < 1.29 is 9.59 Å². The van der Waals surface area contributed by atoms with E-state index in [0.29, 0.717) is 18.9 Å². The summed E-state index contributed by atoms with van der Waals surface area (Å²) in [4.78, 5) is 27.4. The van der Waals surface area contributed by atoms with E-state index >= 15 is 0 Å². The Bertz CT molecular complexity index is 503. The van der Waals surface area contributed by atoms with Crippen LogP contribution >= 0.6 is 0 Å². The fraction of sp³-hybridized carbons (Fsp3) is 0.571. The number of carbonyl (C=O) groups excluding carboxylic acids is 2. The van der Waals surface area contributed by atoms with Gasteiger partial charge in [-0.2, -0.15) is 0 Å². The Morgan fingerprint density at radius 2 is 2.14 bits per heavy atom. The average Bonchev–Trinajstić information content (AvgIpc) is 2.67. The van der Waals surface area contributed by atoms with Gasteiger partial charge in [-0.05, 0) is 25.0 Å². The van der Waals surface area contributed by atoms with Crippen LogP contribution in [0.3, 0.4) is 0 Å². The molecular weight excluding hydrogens is 270 g/mol. The third-order valence-corrected chi connectivity index (χ3v) is 3.40. The molecule has 0 radical (unpaired) electrons. The highest BCUT2D eigenvalue weighted by Crippen LogP contribution is 2.09. The number of carbonyl (C=O) groups is 2. The molecule has 7 nitrogen and oxygen atoms in total. The SMILES string of the molecule is CCCNc1ccc(C(=O)N2CCCN(C)C(=O)C2)nn1. The largest absolute Gasteiger partial charge is 0.369 e. The highest BCUT2D eigenvalue weighted by Gasteiger charge is 2.24. The van der Waals surface area contributed by atoms with Crippen molar-refractivity contribution in [2.75, 3.05) is 38.5 Å². The topological polar surface area (TPSA) is 78.4 Å². The molecule has 1 aliphatic heterocycles. The molecule has 2 amide bonds. The Balaban J connectivity index is 2.03. The Labute approximate surface area is 124 Å². The Morgan fingerprint density at radius 1 is 1.33 bits per heavy atom. The van der Waals surface area contributed by atoms with Crippen molar-refractivity contribution in [2.24, 2.45) is 0 Å². The molecular formula is C14H21N5O2. The number of nitrogens with one attached hydrogen (secondary N) is 1. The van der Waals surface area contributed by atoms with Gasteiger partial charge in [0.1, 0.15) is 12.4 Å². The number of amides is 2. The summed E-state index contributed by atoms with van der Waals surface area (Å²) in [5.41, 5.74) is 0.273. The summed E-state index contributed by atoms with van der Waals surface area (Å²) in [7, 11) is 1.75. The summed E-state index contributed by atoms with van der Waals surface area (Å²) in [6.45, 7) is 4.22. The number of rotatable bonds is 4. The summed E-state index contributed by atoms with van der Waals surface area (Å²) in [5, 5.41) is 11.0. The minimum absolute atomic E-state index is 0.0463. The summed E-state index contributed by atoms with van der Waals surface area (Å²) in [6, 6.07) is 3.38. The van der Waals surface area contributed by atoms with Crippen molar-refractivity contribution in [1.29, 1.82) is 0 Å². The van der Waals surface area contributed by atoms with Gasteiger partial charge in [0.15, 0.2) is 5.69 Å². The molecule has 1 N–H and O–H groups in total. The molecule has 7 heteroatoms. The second kappa shape index (κ2) is 7.01. The Morgan fingerprint density at radius 3 is 2.81 bits per heavy atom. The first-order valence-electron chi connectivity index (χ1n) is 7.22. The summed E-state index contributed by atoms with van der Waals surface area (Å²) in [6.07, 6.45) is 1.77. The predicted molar refractivity (Wildman–Crippen MR) is 79.0 cm³/mol. The summed E-state index contributed by atoms with van der Waals surface area (Å²) in [5.74, 6) is 0.364. The predicted octanol–water partition coefficient (Wildman–Crippen LogP) is 0.603. The van der Waals surface area contributed by atoms with E-state index < -0.39 is 0 Å². The average molecular weight is 291 g/mol. The quantitative estimate of drug-likeness (QED) is 0.879. The van der Waals surface area contributed by atoms with Crippen molar-refractivity contribution in [2.45, 2.75) is 19.8 Å². The van der Waals surface area contributed by atoms with Crippen LogP contribution in [0.5, 0.6) is 0 Å². The molecule has 1 aliphatic rings. The van der Waals surface area contributed by atoms with E-state index in [2.05, 4.69) is 22.4 Å². The first kappa shape index (κ1) is 15.2. The summed E-state index contributed by atoms with van der Waals surface area (Å²) < 4.78 is 0. The third-order valence-electron chi connectivity index (χ3n) is 3.40. The van der Waals surface area contributed by atoms with Gasteiger partial charge in [0.25, 0.3) is 5.91 Å². The molecule has 0 bridgehead atoms. The van der Waals surface area contributed by atoms with E-state index in [9.17, 15) is 9.59 Å². The molecule has 0 atom stereocenters. The van der Waals surface area contributed by atoms with Gasteiger partial charge in [0.2, 0.25) is 5.91 Å².